The monoisotopic (exact) mass is 364 g/mol. The lowest BCUT2D eigenvalue weighted by atomic mass is 10.1. The molecule has 1 unspecified atom stereocenters. The van der Waals surface area contributed by atoms with Gasteiger partial charge >= 0.3 is 5.97 Å². The number of thioether (sulfide) groups is 1. The zero-order chi connectivity index (χ0) is 17.5. The maximum absolute atomic E-state index is 12.4. The Morgan fingerprint density at radius 1 is 1.29 bits per heavy atom. The molecule has 0 bridgehead atoms. The van der Waals surface area contributed by atoms with Gasteiger partial charge in [0.1, 0.15) is 5.01 Å². The van der Waals surface area contributed by atoms with Crippen molar-refractivity contribution >= 4 is 35.0 Å². The molecule has 0 aliphatic heterocycles. The number of aromatic nitrogens is 1. The van der Waals surface area contributed by atoms with Gasteiger partial charge in [-0.25, -0.2) is 9.78 Å². The largest absolute Gasteiger partial charge is 0.476 e. The third-order valence-corrected chi connectivity index (χ3v) is 5.79. The SMILES string of the molecule is CC(C)C(SCc1ccccc1)C(=O)NCc1nc(C(=O)O)cs1. The summed E-state index contributed by atoms with van der Waals surface area (Å²) in [4.78, 5) is 27.2. The van der Waals surface area contributed by atoms with Gasteiger partial charge in [-0.3, -0.25) is 4.79 Å². The van der Waals surface area contributed by atoms with Gasteiger partial charge in [0.2, 0.25) is 5.91 Å². The van der Waals surface area contributed by atoms with E-state index in [-0.39, 0.29) is 29.3 Å². The summed E-state index contributed by atoms with van der Waals surface area (Å²) in [5.74, 6) is -0.123. The number of hydrogen-bond donors (Lipinski definition) is 2. The fraction of sp³-hybridized carbons (Fsp3) is 0.353. The molecule has 0 aliphatic carbocycles. The molecule has 1 amide bonds. The Bertz CT molecular complexity index is 686. The molecule has 24 heavy (non-hydrogen) atoms. The standard InChI is InChI=1S/C17H20N2O3S2/c1-11(2)15(24-9-12-6-4-3-5-7-12)16(20)18-8-14-19-13(10-23-14)17(21)22/h3-7,10-11,15H,8-9H2,1-2H3,(H,18,20)(H,21,22). The summed E-state index contributed by atoms with van der Waals surface area (Å²) >= 11 is 2.85. The van der Waals surface area contributed by atoms with Crippen molar-refractivity contribution in [1.82, 2.24) is 10.3 Å². The van der Waals surface area contributed by atoms with Crippen LogP contribution in [0, 0.1) is 5.92 Å². The highest BCUT2D eigenvalue weighted by molar-refractivity contribution is 7.99. The van der Waals surface area contributed by atoms with E-state index in [2.05, 4.69) is 10.3 Å². The van der Waals surface area contributed by atoms with E-state index in [0.717, 1.165) is 5.75 Å². The summed E-state index contributed by atoms with van der Waals surface area (Å²) in [6, 6.07) is 10.0. The van der Waals surface area contributed by atoms with Crippen molar-refractivity contribution in [3.8, 4) is 0 Å². The van der Waals surface area contributed by atoms with Crippen LogP contribution in [0.15, 0.2) is 35.7 Å². The van der Waals surface area contributed by atoms with Crippen LogP contribution in [0.25, 0.3) is 0 Å². The van der Waals surface area contributed by atoms with Crippen LogP contribution >= 0.6 is 23.1 Å². The van der Waals surface area contributed by atoms with Gasteiger partial charge in [-0.05, 0) is 11.5 Å². The number of thiazole rings is 1. The lowest BCUT2D eigenvalue weighted by molar-refractivity contribution is -0.121. The molecular formula is C17H20N2O3S2. The fourth-order valence-electron chi connectivity index (χ4n) is 2.08. The van der Waals surface area contributed by atoms with Crippen LogP contribution in [0.2, 0.25) is 0 Å². The lowest BCUT2D eigenvalue weighted by Gasteiger charge is -2.19. The summed E-state index contributed by atoms with van der Waals surface area (Å²) in [5, 5.41) is 13.6. The summed E-state index contributed by atoms with van der Waals surface area (Å²) < 4.78 is 0. The number of hydrogen-bond acceptors (Lipinski definition) is 5. The Hall–Kier alpha value is -1.86. The van der Waals surface area contributed by atoms with Crippen LogP contribution in [-0.2, 0) is 17.1 Å². The summed E-state index contributed by atoms with van der Waals surface area (Å²) in [7, 11) is 0. The highest BCUT2D eigenvalue weighted by Gasteiger charge is 2.23. The number of carboxylic acid groups (broad SMARTS) is 1. The molecule has 128 valence electrons. The molecule has 0 aliphatic rings. The van der Waals surface area contributed by atoms with E-state index in [1.165, 1.54) is 22.3 Å². The predicted octanol–water partition coefficient (Wildman–Crippen LogP) is 3.42. The van der Waals surface area contributed by atoms with Crippen LogP contribution in [0.3, 0.4) is 0 Å². The average Bonchev–Trinajstić information content (AvgIpc) is 3.03. The van der Waals surface area contributed by atoms with Gasteiger partial charge in [-0.2, -0.15) is 0 Å². The molecule has 2 rings (SSSR count). The molecule has 1 atom stereocenters. The van der Waals surface area contributed by atoms with Crippen molar-refractivity contribution in [2.24, 2.45) is 5.92 Å². The molecule has 7 heteroatoms. The summed E-state index contributed by atoms with van der Waals surface area (Å²) in [6.45, 7) is 4.30. The Kier molecular flexibility index (Phi) is 6.81. The van der Waals surface area contributed by atoms with Gasteiger partial charge in [0, 0.05) is 11.1 Å². The van der Waals surface area contributed by atoms with Crippen LogP contribution < -0.4 is 5.32 Å². The first-order chi connectivity index (χ1) is 11.5. The lowest BCUT2D eigenvalue weighted by Crippen LogP contribution is -2.35. The number of carbonyl (C=O) groups excluding carboxylic acids is 1. The van der Waals surface area contributed by atoms with Crippen LogP contribution in [0.5, 0.6) is 0 Å². The van der Waals surface area contributed by atoms with E-state index in [1.807, 2.05) is 44.2 Å². The normalized spacial score (nSPS) is 12.1. The molecule has 2 N–H and O–H groups in total. The molecule has 0 spiro atoms. The molecule has 1 aromatic heterocycles. The van der Waals surface area contributed by atoms with Gasteiger partial charge in [0.15, 0.2) is 5.69 Å². The van der Waals surface area contributed by atoms with E-state index in [1.54, 1.807) is 11.8 Å². The molecule has 2 aromatic rings. The molecule has 0 saturated carbocycles. The molecule has 5 nitrogen and oxygen atoms in total. The highest BCUT2D eigenvalue weighted by atomic mass is 32.2. The number of carboxylic acids is 1. The Morgan fingerprint density at radius 3 is 2.58 bits per heavy atom. The Labute approximate surface area is 149 Å². The van der Waals surface area contributed by atoms with Gasteiger partial charge in [-0.1, -0.05) is 44.2 Å². The van der Waals surface area contributed by atoms with Gasteiger partial charge < -0.3 is 10.4 Å². The van der Waals surface area contributed by atoms with Gasteiger partial charge in [0.25, 0.3) is 0 Å². The van der Waals surface area contributed by atoms with Crippen LogP contribution in [0.4, 0.5) is 0 Å². The summed E-state index contributed by atoms with van der Waals surface area (Å²) in [6.07, 6.45) is 0. The van der Waals surface area contributed by atoms with Crippen LogP contribution in [-0.4, -0.2) is 27.2 Å². The predicted molar refractivity (Wildman–Crippen MR) is 97.3 cm³/mol. The minimum absolute atomic E-state index is 0.0168. The topological polar surface area (TPSA) is 79.3 Å². The number of rotatable bonds is 8. The Morgan fingerprint density at radius 2 is 2.00 bits per heavy atom. The Balaban J connectivity index is 1.89. The first-order valence-electron chi connectivity index (χ1n) is 7.58. The van der Waals surface area contributed by atoms with Crippen molar-refractivity contribution in [2.75, 3.05) is 0 Å². The zero-order valence-corrected chi connectivity index (χ0v) is 15.2. The quantitative estimate of drug-likeness (QED) is 0.750. The molecule has 0 radical (unpaired) electrons. The first kappa shape index (κ1) is 18.5. The highest BCUT2D eigenvalue weighted by Crippen LogP contribution is 2.24. The minimum Gasteiger partial charge on any atom is -0.476 e. The third-order valence-electron chi connectivity index (χ3n) is 3.32. The van der Waals surface area contributed by atoms with E-state index < -0.39 is 5.97 Å². The number of nitrogens with zero attached hydrogens (tertiary/aromatic N) is 1. The average molecular weight is 364 g/mol. The minimum atomic E-state index is -1.05. The second-order valence-corrected chi connectivity index (χ2v) is 7.68. The van der Waals surface area contributed by atoms with Crippen molar-refractivity contribution < 1.29 is 14.7 Å². The summed E-state index contributed by atoms with van der Waals surface area (Å²) in [5.41, 5.74) is 1.20. The molecule has 0 saturated heterocycles. The van der Waals surface area contributed by atoms with Gasteiger partial charge in [-0.15, -0.1) is 23.1 Å². The van der Waals surface area contributed by atoms with Crippen molar-refractivity contribution in [1.29, 1.82) is 0 Å². The molecule has 0 fully saturated rings. The maximum atomic E-state index is 12.4. The van der Waals surface area contributed by atoms with Crippen molar-refractivity contribution in [3.63, 3.8) is 0 Å². The second kappa shape index (κ2) is 8.84. The molecule has 1 heterocycles. The fourth-order valence-corrected chi connectivity index (χ4v) is 3.98. The van der Waals surface area contributed by atoms with Crippen molar-refractivity contribution in [3.05, 3.63) is 52.0 Å². The number of carbonyl (C=O) groups is 2. The number of nitrogens with one attached hydrogen (secondary N) is 1. The van der Waals surface area contributed by atoms with E-state index in [9.17, 15) is 9.59 Å². The third kappa shape index (κ3) is 5.35. The van der Waals surface area contributed by atoms with E-state index in [0.29, 0.717) is 5.01 Å². The second-order valence-electron chi connectivity index (χ2n) is 5.61. The molecular weight excluding hydrogens is 344 g/mol. The van der Waals surface area contributed by atoms with E-state index in [4.69, 9.17) is 5.11 Å². The molecule has 1 aromatic carbocycles. The smallest absolute Gasteiger partial charge is 0.355 e. The zero-order valence-electron chi connectivity index (χ0n) is 13.6. The van der Waals surface area contributed by atoms with Crippen LogP contribution in [0.1, 0.15) is 34.9 Å². The van der Waals surface area contributed by atoms with E-state index >= 15 is 0 Å². The van der Waals surface area contributed by atoms with Gasteiger partial charge in [0.05, 0.1) is 11.8 Å². The number of benzene rings is 1. The number of amides is 1. The number of aromatic carboxylic acids is 1. The first-order valence-corrected chi connectivity index (χ1v) is 9.51. The maximum Gasteiger partial charge on any atom is 0.355 e. The van der Waals surface area contributed by atoms with Crippen molar-refractivity contribution in [2.45, 2.75) is 31.4 Å².